The minimum absolute atomic E-state index is 0.0400. The van der Waals surface area contributed by atoms with Gasteiger partial charge in [-0.2, -0.15) is 0 Å². The van der Waals surface area contributed by atoms with Crippen molar-refractivity contribution < 1.29 is 26.7 Å². The van der Waals surface area contributed by atoms with Gasteiger partial charge in [0, 0.05) is 16.9 Å². The molecule has 0 amide bonds. The minimum Gasteiger partial charge on any atom is -0.457 e. The van der Waals surface area contributed by atoms with Gasteiger partial charge < -0.3 is 4.74 Å². The van der Waals surface area contributed by atoms with Crippen molar-refractivity contribution in [1.82, 2.24) is 0 Å². The van der Waals surface area contributed by atoms with Crippen LogP contribution in [-0.2, 0) is 19.4 Å². The molecule has 0 saturated carbocycles. The van der Waals surface area contributed by atoms with E-state index in [0.29, 0.717) is 10.6 Å². The van der Waals surface area contributed by atoms with E-state index < -0.39 is 32.3 Å². The van der Waals surface area contributed by atoms with Gasteiger partial charge in [0.05, 0.1) is 5.57 Å². The molecule has 0 saturated heterocycles. The highest BCUT2D eigenvalue weighted by atomic mass is 35.5. The average Bonchev–Trinajstić information content (AvgIpc) is 2.87. The summed E-state index contributed by atoms with van der Waals surface area (Å²) in [4.78, 5) is 11.0. The van der Waals surface area contributed by atoms with Crippen LogP contribution in [0.2, 0.25) is 5.02 Å². The first-order valence-electron chi connectivity index (χ1n) is 7.04. The van der Waals surface area contributed by atoms with Crippen LogP contribution >= 0.6 is 11.6 Å². The molecular weight excluding hydrogens is 374 g/mol. The predicted octanol–water partition coefficient (Wildman–Crippen LogP) is 3.49. The standard InChI is InChI=1S/C17H11ClF2O4S/c1-25(22,23)16-13(19)6-10(7-14(16)20)12-8-24-17(21)15(12)9-2-4-11(18)5-3-9/h2-7H,8H2,1H3. The zero-order valence-corrected chi connectivity index (χ0v) is 14.4. The molecule has 0 N–H and O–H groups in total. The van der Waals surface area contributed by atoms with Gasteiger partial charge in [-0.05, 0) is 35.4 Å². The summed E-state index contributed by atoms with van der Waals surface area (Å²) in [5.41, 5.74) is 0.945. The molecule has 2 aromatic rings. The van der Waals surface area contributed by atoms with Crippen molar-refractivity contribution in [1.29, 1.82) is 0 Å². The maximum atomic E-state index is 14.2. The van der Waals surface area contributed by atoms with Gasteiger partial charge in [0.1, 0.15) is 23.1 Å². The summed E-state index contributed by atoms with van der Waals surface area (Å²) in [6.07, 6.45) is 0.717. The van der Waals surface area contributed by atoms with E-state index >= 15 is 0 Å². The van der Waals surface area contributed by atoms with E-state index in [1.54, 1.807) is 24.3 Å². The van der Waals surface area contributed by atoms with E-state index in [2.05, 4.69) is 0 Å². The topological polar surface area (TPSA) is 60.4 Å². The molecule has 3 rings (SSSR count). The Morgan fingerprint density at radius 2 is 1.60 bits per heavy atom. The van der Waals surface area contributed by atoms with E-state index in [1.807, 2.05) is 0 Å². The Morgan fingerprint density at radius 1 is 1.04 bits per heavy atom. The number of halogens is 3. The molecule has 0 spiro atoms. The van der Waals surface area contributed by atoms with E-state index in [4.69, 9.17) is 16.3 Å². The number of ether oxygens (including phenoxy) is 1. The zero-order valence-electron chi connectivity index (χ0n) is 12.8. The third-order valence-electron chi connectivity index (χ3n) is 3.70. The molecule has 130 valence electrons. The monoisotopic (exact) mass is 384 g/mol. The van der Waals surface area contributed by atoms with Crippen LogP contribution in [0.5, 0.6) is 0 Å². The summed E-state index contributed by atoms with van der Waals surface area (Å²) < 4.78 is 56.3. The molecule has 0 bridgehead atoms. The first-order chi connectivity index (χ1) is 11.7. The first-order valence-corrected chi connectivity index (χ1v) is 9.31. The molecule has 8 heteroatoms. The van der Waals surface area contributed by atoms with Crippen LogP contribution < -0.4 is 0 Å². The number of cyclic esters (lactones) is 1. The van der Waals surface area contributed by atoms with Crippen molar-refractivity contribution in [2.45, 2.75) is 4.90 Å². The summed E-state index contributed by atoms with van der Waals surface area (Å²) in [6, 6.07) is 8.07. The lowest BCUT2D eigenvalue weighted by Gasteiger charge is -2.08. The quantitative estimate of drug-likeness (QED) is 0.760. The number of esters is 1. The highest BCUT2D eigenvalue weighted by Crippen LogP contribution is 2.35. The van der Waals surface area contributed by atoms with Crippen molar-refractivity contribution in [3.63, 3.8) is 0 Å². The Labute approximate surface area is 147 Å². The van der Waals surface area contributed by atoms with Gasteiger partial charge in [-0.1, -0.05) is 23.7 Å². The summed E-state index contributed by atoms with van der Waals surface area (Å²) in [5, 5.41) is 0.465. The second-order valence-corrected chi connectivity index (χ2v) is 7.87. The lowest BCUT2D eigenvalue weighted by Crippen LogP contribution is -2.06. The van der Waals surface area contributed by atoms with Gasteiger partial charge in [0.2, 0.25) is 0 Å². The Bertz CT molecular complexity index is 988. The highest BCUT2D eigenvalue weighted by Gasteiger charge is 2.29. The van der Waals surface area contributed by atoms with Crippen molar-refractivity contribution in [3.05, 3.63) is 64.2 Å². The second-order valence-electron chi connectivity index (χ2n) is 5.48. The molecule has 0 atom stereocenters. The molecule has 4 nitrogen and oxygen atoms in total. The van der Waals surface area contributed by atoms with E-state index in [1.165, 1.54) is 0 Å². The van der Waals surface area contributed by atoms with Gasteiger partial charge >= 0.3 is 5.97 Å². The van der Waals surface area contributed by atoms with Crippen LogP contribution in [0.15, 0.2) is 41.3 Å². The molecular formula is C17H11ClF2O4S. The summed E-state index contributed by atoms with van der Waals surface area (Å²) >= 11 is 5.82. The molecule has 25 heavy (non-hydrogen) atoms. The van der Waals surface area contributed by atoms with Crippen LogP contribution in [0.25, 0.3) is 11.1 Å². The third kappa shape index (κ3) is 3.29. The highest BCUT2D eigenvalue weighted by molar-refractivity contribution is 7.90. The fraction of sp³-hybridized carbons (Fsp3) is 0.118. The van der Waals surface area contributed by atoms with Crippen LogP contribution in [0.4, 0.5) is 8.78 Å². The molecule has 1 aliphatic heterocycles. The van der Waals surface area contributed by atoms with Gasteiger partial charge in [0.15, 0.2) is 9.84 Å². The van der Waals surface area contributed by atoms with E-state index in [-0.39, 0.29) is 23.3 Å². The molecule has 0 unspecified atom stereocenters. The summed E-state index contributed by atoms with van der Waals surface area (Å²) in [7, 11) is -4.06. The Kier molecular flexibility index (Phi) is 4.38. The average molecular weight is 385 g/mol. The first kappa shape index (κ1) is 17.6. The maximum absolute atomic E-state index is 14.2. The molecule has 0 aliphatic carbocycles. The number of carbonyl (C=O) groups is 1. The van der Waals surface area contributed by atoms with Crippen molar-refractivity contribution in [3.8, 4) is 0 Å². The van der Waals surface area contributed by atoms with E-state index in [0.717, 1.165) is 18.4 Å². The number of benzene rings is 2. The van der Waals surface area contributed by atoms with Crippen molar-refractivity contribution in [2.75, 3.05) is 12.9 Å². The summed E-state index contributed by atoms with van der Waals surface area (Å²) in [6.45, 7) is -0.173. The van der Waals surface area contributed by atoms with Crippen LogP contribution in [0.3, 0.4) is 0 Å². The lowest BCUT2D eigenvalue weighted by atomic mass is 9.96. The summed E-state index contributed by atoms with van der Waals surface area (Å²) in [5.74, 6) is -3.08. The lowest BCUT2D eigenvalue weighted by molar-refractivity contribution is -0.133. The fourth-order valence-corrected chi connectivity index (χ4v) is 3.58. The largest absolute Gasteiger partial charge is 0.457 e. The SMILES string of the molecule is CS(=O)(=O)c1c(F)cc(C2=C(c3ccc(Cl)cc3)C(=O)OC2)cc1F. The van der Waals surface area contributed by atoms with Crippen molar-refractivity contribution >= 4 is 38.6 Å². The molecule has 1 aliphatic rings. The predicted molar refractivity (Wildman–Crippen MR) is 88.7 cm³/mol. The van der Waals surface area contributed by atoms with Gasteiger partial charge in [0.25, 0.3) is 0 Å². The van der Waals surface area contributed by atoms with Gasteiger partial charge in [-0.3, -0.25) is 0 Å². The Morgan fingerprint density at radius 3 is 2.12 bits per heavy atom. The third-order valence-corrected chi connectivity index (χ3v) is 5.09. The van der Waals surface area contributed by atoms with Crippen LogP contribution in [-0.4, -0.2) is 27.2 Å². The smallest absolute Gasteiger partial charge is 0.339 e. The van der Waals surface area contributed by atoms with Gasteiger partial charge in [-0.15, -0.1) is 0 Å². The van der Waals surface area contributed by atoms with Gasteiger partial charge in [-0.25, -0.2) is 22.0 Å². The fourth-order valence-electron chi connectivity index (χ4n) is 2.63. The molecule has 0 aromatic heterocycles. The van der Waals surface area contributed by atoms with E-state index in [9.17, 15) is 22.0 Å². The van der Waals surface area contributed by atoms with Crippen LogP contribution in [0, 0.1) is 11.6 Å². The second kappa shape index (κ2) is 6.24. The molecule has 0 radical (unpaired) electrons. The number of hydrogen-bond acceptors (Lipinski definition) is 4. The van der Waals surface area contributed by atoms with Crippen LogP contribution in [0.1, 0.15) is 11.1 Å². The normalized spacial score (nSPS) is 14.8. The number of rotatable bonds is 3. The number of sulfone groups is 1. The minimum atomic E-state index is -4.06. The number of carbonyl (C=O) groups excluding carboxylic acids is 1. The Hall–Kier alpha value is -2.25. The van der Waals surface area contributed by atoms with Crippen molar-refractivity contribution in [2.24, 2.45) is 0 Å². The maximum Gasteiger partial charge on any atom is 0.339 e. The molecule has 2 aromatic carbocycles. The number of hydrogen-bond donors (Lipinski definition) is 0. The molecule has 0 fully saturated rings. The zero-order chi connectivity index (χ0) is 18.4. The molecule has 1 heterocycles. The Balaban J connectivity index is 2.20.